The lowest BCUT2D eigenvalue weighted by Crippen LogP contribution is -2.47. The van der Waals surface area contributed by atoms with E-state index in [0.29, 0.717) is 39.1 Å². The molecule has 1 aliphatic heterocycles. The molecule has 0 unspecified atom stereocenters. The van der Waals surface area contributed by atoms with Gasteiger partial charge in [0.25, 0.3) is 0 Å². The standard InChI is InChI=1S/C43H56F3NO5/c1-40(2,43(44,45)46)31-47(25-23-42(24-26-51-41(3,4)30-42)35-15-21-36(49-5)22-16-35)28-33-13-19-38(20-14-33)52-37-17-11-32(12-18-37)27-39(48)50-29-34-9-7-6-8-10-34/h6-10,13-16,19-22,32,37H,11-12,17-18,23-31H2,1-5H3/t32?,37?,42-/m1/s1. The third-order valence-electron chi connectivity index (χ3n) is 11.0. The van der Waals surface area contributed by atoms with E-state index in [2.05, 4.69) is 26.0 Å². The molecule has 52 heavy (non-hydrogen) atoms. The molecule has 1 atom stereocenters. The Kier molecular flexibility index (Phi) is 13.0. The maximum Gasteiger partial charge on any atom is 0.395 e. The Balaban J connectivity index is 1.19. The van der Waals surface area contributed by atoms with Gasteiger partial charge in [0.05, 0.1) is 24.2 Å². The highest BCUT2D eigenvalue weighted by atomic mass is 19.4. The summed E-state index contributed by atoms with van der Waals surface area (Å²) in [4.78, 5) is 14.4. The van der Waals surface area contributed by atoms with Crippen molar-refractivity contribution in [3.05, 3.63) is 95.6 Å². The Morgan fingerprint density at radius 2 is 1.54 bits per heavy atom. The zero-order valence-electron chi connectivity index (χ0n) is 31.5. The lowest BCUT2D eigenvalue weighted by atomic mass is 9.67. The van der Waals surface area contributed by atoms with E-state index < -0.39 is 11.6 Å². The second-order valence-corrected chi connectivity index (χ2v) is 16.1. The van der Waals surface area contributed by atoms with E-state index >= 15 is 0 Å². The lowest BCUT2D eigenvalue weighted by Gasteiger charge is -2.46. The van der Waals surface area contributed by atoms with Crippen molar-refractivity contribution in [2.24, 2.45) is 11.3 Å². The number of esters is 1. The summed E-state index contributed by atoms with van der Waals surface area (Å²) in [7, 11) is 1.64. The van der Waals surface area contributed by atoms with Crippen LogP contribution in [0.5, 0.6) is 11.5 Å². The van der Waals surface area contributed by atoms with E-state index in [0.717, 1.165) is 61.2 Å². The summed E-state index contributed by atoms with van der Waals surface area (Å²) in [5.41, 5.74) is 0.613. The molecule has 3 aromatic carbocycles. The minimum Gasteiger partial charge on any atom is -0.497 e. The van der Waals surface area contributed by atoms with Gasteiger partial charge in [0.2, 0.25) is 0 Å². The molecule has 3 aromatic rings. The van der Waals surface area contributed by atoms with Crippen molar-refractivity contribution in [2.75, 3.05) is 26.8 Å². The van der Waals surface area contributed by atoms with Gasteiger partial charge in [-0.05, 0) is 126 Å². The number of carbonyl (C=O) groups is 1. The van der Waals surface area contributed by atoms with Crippen LogP contribution in [0.3, 0.4) is 0 Å². The van der Waals surface area contributed by atoms with Crippen LogP contribution in [-0.2, 0) is 32.8 Å². The Bertz CT molecular complexity index is 1550. The van der Waals surface area contributed by atoms with Gasteiger partial charge in [-0.2, -0.15) is 13.2 Å². The fourth-order valence-electron chi connectivity index (χ4n) is 7.87. The number of hydrogen-bond donors (Lipinski definition) is 0. The van der Waals surface area contributed by atoms with Gasteiger partial charge in [-0.3, -0.25) is 9.69 Å². The van der Waals surface area contributed by atoms with Crippen molar-refractivity contribution in [3.8, 4) is 11.5 Å². The number of nitrogens with zero attached hydrogens (tertiary/aromatic N) is 1. The molecule has 0 aromatic heterocycles. The van der Waals surface area contributed by atoms with Crippen LogP contribution in [0.2, 0.25) is 0 Å². The monoisotopic (exact) mass is 723 g/mol. The topological polar surface area (TPSA) is 57.2 Å². The molecule has 6 nitrogen and oxygen atoms in total. The summed E-state index contributed by atoms with van der Waals surface area (Å²) >= 11 is 0. The molecule has 0 amide bonds. The number of hydrogen-bond acceptors (Lipinski definition) is 6. The van der Waals surface area contributed by atoms with Crippen molar-refractivity contribution in [2.45, 2.75) is 116 Å². The molecule has 5 rings (SSSR count). The highest BCUT2D eigenvalue weighted by molar-refractivity contribution is 5.69. The second kappa shape index (κ2) is 17.1. The zero-order valence-corrected chi connectivity index (χ0v) is 31.5. The molecule has 0 N–H and O–H groups in total. The van der Waals surface area contributed by atoms with Gasteiger partial charge in [0.15, 0.2) is 0 Å². The average Bonchev–Trinajstić information content (AvgIpc) is 3.11. The molecule has 1 saturated heterocycles. The Morgan fingerprint density at radius 3 is 2.15 bits per heavy atom. The largest absolute Gasteiger partial charge is 0.497 e. The number of methoxy groups -OCH3 is 1. The normalized spacial score (nSPS) is 22.2. The first-order valence-corrected chi connectivity index (χ1v) is 18.7. The molecule has 2 aliphatic rings. The van der Waals surface area contributed by atoms with Crippen LogP contribution in [-0.4, -0.2) is 55.6 Å². The molecule has 1 aliphatic carbocycles. The van der Waals surface area contributed by atoms with E-state index in [1.807, 2.05) is 71.6 Å². The summed E-state index contributed by atoms with van der Waals surface area (Å²) in [5.74, 6) is 1.65. The van der Waals surface area contributed by atoms with E-state index in [4.69, 9.17) is 18.9 Å². The molecular formula is C43H56F3NO5. The molecule has 9 heteroatoms. The maximum atomic E-state index is 14.2. The van der Waals surface area contributed by atoms with Gasteiger partial charge in [-0.1, -0.05) is 54.6 Å². The first kappa shape index (κ1) is 39.6. The molecule has 1 heterocycles. The maximum absolute atomic E-state index is 14.2. The Hall–Kier alpha value is -3.56. The van der Waals surface area contributed by atoms with Crippen LogP contribution in [0, 0.1) is 11.3 Å². The SMILES string of the molecule is COc1ccc([C@]2(CCN(Cc3ccc(OC4CCC(CC(=O)OCc5ccccc5)CC4)cc3)CC(C)(C)C(F)(F)F)CCOC(C)(C)C2)cc1. The van der Waals surface area contributed by atoms with Crippen molar-refractivity contribution in [3.63, 3.8) is 0 Å². The summed E-state index contributed by atoms with van der Waals surface area (Å²) in [6.07, 6.45) is 1.93. The van der Waals surface area contributed by atoms with Crippen molar-refractivity contribution in [1.29, 1.82) is 0 Å². The van der Waals surface area contributed by atoms with Crippen LogP contribution < -0.4 is 9.47 Å². The fourth-order valence-corrected chi connectivity index (χ4v) is 7.87. The number of rotatable bonds is 15. The van der Waals surface area contributed by atoms with Gasteiger partial charge >= 0.3 is 12.1 Å². The van der Waals surface area contributed by atoms with Crippen molar-refractivity contribution < 1.29 is 36.9 Å². The first-order chi connectivity index (χ1) is 24.7. The minimum atomic E-state index is -4.33. The number of benzene rings is 3. The van der Waals surface area contributed by atoms with Crippen molar-refractivity contribution in [1.82, 2.24) is 4.90 Å². The highest BCUT2D eigenvalue weighted by Crippen LogP contribution is 2.45. The molecular weight excluding hydrogens is 667 g/mol. The number of halogens is 3. The quantitative estimate of drug-likeness (QED) is 0.146. The zero-order chi connectivity index (χ0) is 37.4. The molecule has 0 radical (unpaired) electrons. The lowest BCUT2D eigenvalue weighted by molar-refractivity contribution is -0.217. The molecule has 1 saturated carbocycles. The third kappa shape index (κ3) is 11.0. The van der Waals surface area contributed by atoms with Crippen LogP contribution in [0.1, 0.15) is 95.8 Å². The van der Waals surface area contributed by atoms with E-state index in [1.54, 1.807) is 7.11 Å². The number of carbonyl (C=O) groups excluding carboxylic acids is 1. The van der Waals surface area contributed by atoms with Gasteiger partial charge in [0.1, 0.15) is 18.1 Å². The van der Waals surface area contributed by atoms with Crippen LogP contribution in [0.15, 0.2) is 78.9 Å². The van der Waals surface area contributed by atoms with Gasteiger partial charge < -0.3 is 18.9 Å². The minimum absolute atomic E-state index is 0.0596. The van der Waals surface area contributed by atoms with Crippen LogP contribution in [0.25, 0.3) is 0 Å². The molecule has 284 valence electrons. The smallest absolute Gasteiger partial charge is 0.395 e. The van der Waals surface area contributed by atoms with Crippen LogP contribution in [0.4, 0.5) is 13.2 Å². The van der Waals surface area contributed by atoms with Gasteiger partial charge in [-0.25, -0.2) is 0 Å². The predicted molar refractivity (Wildman–Crippen MR) is 197 cm³/mol. The molecule has 0 spiro atoms. The number of ether oxygens (including phenoxy) is 4. The van der Waals surface area contributed by atoms with E-state index in [-0.39, 0.29) is 35.6 Å². The summed E-state index contributed by atoms with van der Waals surface area (Å²) in [6, 6.07) is 25.6. The fraction of sp³-hybridized carbons (Fsp3) is 0.558. The Labute approximate surface area is 308 Å². The predicted octanol–water partition coefficient (Wildman–Crippen LogP) is 10.1. The second-order valence-electron chi connectivity index (χ2n) is 16.1. The molecule has 0 bridgehead atoms. The Morgan fingerprint density at radius 1 is 0.885 bits per heavy atom. The van der Waals surface area contributed by atoms with Gasteiger partial charge in [0, 0.05) is 31.5 Å². The summed E-state index contributed by atoms with van der Waals surface area (Å²) < 4.78 is 65.9. The van der Waals surface area contributed by atoms with Crippen LogP contribution >= 0.6 is 0 Å². The first-order valence-electron chi connectivity index (χ1n) is 18.7. The summed E-state index contributed by atoms with van der Waals surface area (Å²) in [5, 5.41) is 0. The average molecular weight is 724 g/mol. The molecule has 2 fully saturated rings. The highest BCUT2D eigenvalue weighted by Gasteiger charge is 2.48. The van der Waals surface area contributed by atoms with E-state index in [1.165, 1.54) is 19.4 Å². The van der Waals surface area contributed by atoms with E-state index in [9.17, 15) is 18.0 Å². The van der Waals surface area contributed by atoms with Crippen molar-refractivity contribution >= 4 is 5.97 Å². The summed E-state index contributed by atoms with van der Waals surface area (Å²) in [6.45, 7) is 8.43. The third-order valence-corrected chi connectivity index (χ3v) is 11.0. The van der Waals surface area contributed by atoms with Gasteiger partial charge in [-0.15, -0.1) is 0 Å². The number of alkyl halides is 3.